The average molecular weight is 505 g/mol. The van der Waals surface area contributed by atoms with Crippen molar-refractivity contribution in [3.63, 3.8) is 0 Å². The van der Waals surface area contributed by atoms with Gasteiger partial charge in [-0.25, -0.2) is 4.79 Å². The maximum Gasteiger partial charge on any atom is 0.326 e. The van der Waals surface area contributed by atoms with Gasteiger partial charge in [-0.15, -0.1) is 0 Å². The Balaban J connectivity index is 0.00000324. The number of fused-ring (bicyclic) bond motifs is 5. The first-order valence-corrected chi connectivity index (χ1v) is 10.7. The number of phenols is 2. The molecule has 198 valence electrons. The predicted octanol–water partition coefficient (Wildman–Crippen LogP) is 0.227. The summed E-state index contributed by atoms with van der Waals surface area (Å²) >= 11 is 0. The molecule has 2 amide bonds. The van der Waals surface area contributed by atoms with Crippen LogP contribution >= 0.6 is 0 Å². The quantitative estimate of drug-likeness (QED) is 0.286. The van der Waals surface area contributed by atoms with E-state index in [4.69, 9.17) is 11.5 Å². The molecule has 2 aromatic rings. The third kappa shape index (κ3) is 7.41. The molecule has 2 aromatic carbocycles. The van der Waals surface area contributed by atoms with Crippen LogP contribution in [0.4, 0.5) is 0 Å². The maximum absolute atomic E-state index is 12.9. The standard InChI is InChI=1S/C23H28N4O7.2CH4/c24-10-16(29)9-18-22(32)27-19(23(33)34)5-11-3-13(7-15(28)4-11)12-1-2-20(30)14(6-12)8-17(25)21(31)26-18;;/h1-4,6-7,16-19,28-30H,5,8-10,24-25H2,(H,26,31)(H,27,32)(H,33,34);2*1H4/t16-,17+,18+,19+;;/m1../s1. The zero-order valence-corrected chi connectivity index (χ0v) is 18.3. The number of aliphatic carboxylic acids is 1. The average Bonchev–Trinajstić information content (AvgIpc) is 2.78. The van der Waals surface area contributed by atoms with Gasteiger partial charge in [0.2, 0.25) is 11.8 Å². The van der Waals surface area contributed by atoms with Crippen LogP contribution in [0, 0.1) is 0 Å². The number of nitrogens with one attached hydrogen (secondary N) is 2. The molecule has 0 aromatic heterocycles. The molecule has 1 aliphatic rings. The molecular formula is C25H36N4O7. The van der Waals surface area contributed by atoms with E-state index in [1.54, 1.807) is 18.2 Å². The van der Waals surface area contributed by atoms with Gasteiger partial charge < -0.3 is 42.5 Å². The number of hydrogen-bond acceptors (Lipinski definition) is 8. The number of hydrogen-bond donors (Lipinski definition) is 8. The molecule has 1 aliphatic heterocycles. The van der Waals surface area contributed by atoms with Crippen molar-refractivity contribution in [3.8, 4) is 22.6 Å². The number of carbonyl (C=O) groups is 3. The molecule has 36 heavy (non-hydrogen) atoms. The fourth-order valence-corrected chi connectivity index (χ4v) is 3.80. The molecule has 0 spiro atoms. The number of carboxylic acids is 1. The minimum atomic E-state index is -1.38. The third-order valence-electron chi connectivity index (χ3n) is 5.63. The zero-order chi connectivity index (χ0) is 25.0. The lowest BCUT2D eigenvalue weighted by atomic mass is 9.95. The van der Waals surface area contributed by atoms with E-state index in [9.17, 15) is 34.8 Å². The van der Waals surface area contributed by atoms with Crippen LogP contribution < -0.4 is 22.1 Å². The van der Waals surface area contributed by atoms with E-state index >= 15 is 0 Å². The molecule has 4 bridgehead atoms. The van der Waals surface area contributed by atoms with Crippen LogP contribution in [0.15, 0.2) is 36.4 Å². The molecule has 0 saturated carbocycles. The summed E-state index contributed by atoms with van der Waals surface area (Å²) in [6.07, 6.45) is -1.62. The molecule has 11 nitrogen and oxygen atoms in total. The van der Waals surface area contributed by atoms with Gasteiger partial charge in [-0.3, -0.25) is 9.59 Å². The minimum absolute atomic E-state index is 0. The Kier molecular flexibility index (Phi) is 10.9. The number of benzene rings is 2. The Morgan fingerprint density at radius 1 is 1.00 bits per heavy atom. The second-order valence-corrected chi connectivity index (χ2v) is 8.33. The summed E-state index contributed by atoms with van der Waals surface area (Å²) in [5.74, 6) is -3.08. The predicted molar refractivity (Wildman–Crippen MR) is 135 cm³/mol. The highest BCUT2D eigenvalue weighted by atomic mass is 16.4. The first kappa shape index (κ1) is 30.4. The van der Waals surface area contributed by atoms with E-state index in [0.29, 0.717) is 22.3 Å². The molecule has 10 N–H and O–H groups in total. The lowest BCUT2D eigenvalue weighted by Gasteiger charge is -2.24. The second kappa shape index (κ2) is 12.9. The third-order valence-corrected chi connectivity index (χ3v) is 5.63. The lowest BCUT2D eigenvalue weighted by Crippen LogP contribution is -2.56. The summed E-state index contributed by atoms with van der Waals surface area (Å²) in [6.45, 7) is -0.180. The van der Waals surface area contributed by atoms with Gasteiger partial charge in [0.05, 0.1) is 12.1 Å². The number of aromatic hydroxyl groups is 2. The monoisotopic (exact) mass is 504 g/mol. The van der Waals surface area contributed by atoms with Crippen molar-refractivity contribution >= 4 is 17.8 Å². The summed E-state index contributed by atoms with van der Waals surface area (Å²) < 4.78 is 0. The van der Waals surface area contributed by atoms with Crippen LogP contribution in [-0.2, 0) is 27.2 Å². The zero-order valence-electron chi connectivity index (χ0n) is 18.3. The highest BCUT2D eigenvalue weighted by molar-refractivity contribution is 5.92. The molecule has 0 saturated heterocycles. The largest absolute Gasteiger partial charge is 0.508 e. The molecule has 0 fully saturated rings. The number of rotatable bonds is 4. The Morgan fingerprint density at radius 2 is 1.69 bits per heavy atom. The van der Waals surface area contributed by atoms with Crippen molar-refractivity contribution in [2.75, 3.05) is 6.54 Å². The van der Waals surface area contributed by atoms with Crippen LogP contribution in [0.3, 0.4) is 0 Å². The van der Waals surface area contributed by atoms with E-state index in [0.717, 1.165) is 0 Å². The number of carboxylic acid groups (broad SMARTS) is 1. The van der Waals surface area contributed by atoms with Gasteiger partial charge >= 0.3 is 5.97 Å². The van der Waals surface area contributed by atoms with Crippen LogP contribution in [0.2, 0.25) is 0 Å². The van der Waals surface area contributed by atoms with E-state index in [-0.39, 0.29) is 52.2 Å². The Morgan fingerprint density at radius 3 is 2.33 bits per heavy atom. The van der Waals surface area contributed by atoms with Crippen LogP contribution in [-0.4, -0.2) is 69.0 Å². The van der Waals surface area contributed by atoms with Gasteiger partial charge in [0.15, 0.2) is 0 Å². The minimum Gasteiger partial charge on any atom is -0.508 e. The molecule has 3 rings (SSSR count). The topological polar surface area (TPSA) is 208 Å². The highest BCUT2D eigenvalue weighted by Crippen LogP contribution is 2.30. The van der Waals surface area contributed by atoms with Gasteiger partial charge in [0.25, 0.3) is 0 Å². The van der Waals surface area contributed by atoms with Crippen molar-refractivity contribution < 1.29 is 34.8 Å². The second-order valence-electron chi connectivity index (χ2n) is 8.33. The summed E-state index contributed by atoms with van der Waals surface area (Å²) in [6, 6.07) is 5.35. The molecule has 0 unspecified atom stereocenters. The fourth-order valence-electron chi connectivity index (χ4n) is 3.80. The van der Waals surface area contributed by atoms with Gasteiger partial charge in [-0.05, 0) is 46.5 Å². The van der Waals surface area contributed by atoms with Crippen molar-refractivity contribution in [3.05, 3.63) is 47.5 Å². The van der Waals surface area contributed by atoms with Crippen molar-refractivity contribution in [1.82, 2.24) is 10.6 Å². The van der Waals surface area contributed by atoms with Crippen molar-refractivity contribution in [1.29, 1.82) is 0 Å². The normalized spacial score (nSPS) is 20.8. The van der Waals surface area contributed by atoms with Crippen LogP contribution in [0.25, 0.3) is 11.1 Å². The Labute approximate surface area is 210 Å². The van der Waals surface area contributed by atoms with Gasteiger partial charge in [0, 0.05) is 25.8 Å². The summed E-state index contributed by atoms with van der Waals surface area (Å²) in [4.78, 5) is 37.5. The van der Waals surface area contributed by atoms with E-state index < -0.39 is 42.0 Å². The van der Waals surface area contributed by atoms with E-state index in [1.165, 1.54) is 18.2 Å². The van der Waals surface area contributed by atoms with Gasteiger partial charge in [0.1, 0.15) is 23.6 Å². The molecule has 1 heterocycles. The van der Waals surface area contributed by atoms with Crippen molar-refractivity contribution in [2.24, 2.45) is 11.5 Å². The molecule has 11 heteroatoms. The Bertz CT molecular complexity index is 1090. The van der Waals surface area contributed by atoms with Crippen LogP contribution in [0.1, 0.15) is 32.4 Å². The number of aliphatic hydroxyl groups is 1. The van der Waals surface area contributed by atoms with Crippen molar-refractivity contribution in [2.45, 2.75) is 58.3 Å². The lowest BCUT2D eigenvalue weighted by molar-refractivity contribution is -0.142. The molecular weight excluding hydrogens is 468 g/mol. The molecule has 0 radical (unpaired) electrons. The SMILES string of the molecule is C.C.NC[C@H](O)C[C@@H]1NC(=O)[C@@H](N)Cc2cc(ccc2O)-c2cc(O)cc(c2)C[C@@H](C(=O)O)NC1=O. The number of carbonyl (C=O) groups excluding carboxylic acids is 2. The summed E-state index contributed by atoms with van der Waals surface area (Å²) in [5.41, 5.74) is 13.4. The Hall–Kier alpha value is -3.67. The van der Waals surface area contributed by atoms with Gasteiger partial charge in [-0.1, -0.05) is 27.0 Å². The first-order chi connectivity index (χ1) is 16.1. The van der Waals surface area contributed by atoms with E-state index in [1.807, 2.05) is 0 Å². The smallest absolute Gasteiger partial charge is 0.326 e. The van der Waals surface area contributed by atoms with Crippen LogP contribution in [0.5, 0.6) is 11.5 Å². The van der Waals surface area contributed by atoms with E-state index in [2.05, 4.69) is 10.6 Å². The number of amides is 2. The summed E-state index contributed by atoms with van der Waals surface area (Å²) in [5, 5.41) is 45.0. The number of aliphatic hydroxyl groups excluding tert-OH is 1. The molecule has 0 aliphatic carbocycles. The number of phenolic OH excluding ortho intramolecular Hbond substituents is 2. The van der Waals surface area contributed by atoms with Gasteiger partial charge in [-0.2, -0.15) is 0 Å². The maximum atomic E-state index is 12.9. The fraction of sp³-hybridized carbons (Fsp3) is 0.400. The highest BCUT2D eigenvalue weighted by Gasteiger charge is 2.30. The molecule has 4 atom stereocenters. The number of nitrogens with two attached hydrogens (primary N) is 2. The summed E-state index contributed by atoms with van der Waals surface area (Å²) in [7, 11) is 0. The first-order valence-electron chi connectivity index (χ1n) is 10.7.